The van der Waals surface area contributed by atoms with E-state index in [0.29, 0.717) is 11.8 Å². The van der Waals surface area contributed by atoms with Gasteiger partial charge in [0.2, 0.25) is 5.89 Å². The summed E-state index contributed by atoms with van der Waals surface area (Å²) in [4.78, 5) is 8.86. The second-order valence-electron chi connectivity index (χ2n) is 6.60. The SMILES string of the molecule is CN=C(NCCc1coc(-c2ccc(C)cc2)n1)NCC(C)c1ccsc1.I. The number of oxazole rings is 1. The predicted octanol–water partition coefficient (Wildman–Crippen LogP) is 4.84. The first-order valence-corrected chi connectivity index (χ1v) is 10.1. The molecule has 0 spiro atoms. The summed E-state index contributed by atoms with van der Waals surface area (Å²) >= 11 is 1.73. The Morgan fingerprint density at radius 3 is 2.68 bits per heavy atom. The summed E-state index contributed by atoms with van der Waals surface area (Å²) in [6, 6.07) is 10.4. The number of aromatic nitrogens is 1. The van der Waals surface area contributed by atoms with E-state index in [0.717, 1.165) is 36.7 Å². The molecule has 1 aromatic carbocycles. The van der Waals surface area contributed by atoms with Crippen molar-refractivity contribution < 1.29 is 4.42 Å². The van der Waals surface area contributed by atoms with Gasteiger partial charge in [0.05, 0.1) is 5.69 Å². The average Bonchev–Trinajstić information content (AvgIpc) is 3.37. The number of halogens is 1. The zero-order valence-corrected chi connectivity index (χ0v) is 19.6. The van der Waals surface area contributed by atoms with E-state index in [2.05, 4.69) is 63.4 Å². The molecule has 0 aliphatic carbocycles. The molecule has 0 amide bonds. The van der Waals surface area contributed by atoms with Crippen molar-refractivity contribution in [3.8, 4) is 11.5 Å². The van der Waals surface area contributed by atoms with Crippen LogP contribution >= 0.6 is 35.3 Å². The largest absolute Gasteiger partial charge is 0.444 e. The van der Waals surface area contributed by atoms with E-state index >= 15 is 0 Å². The maximum Gasteiger partial charge on any atom is 0.226 e. The molecule has 0 saturated heterocycles. The molecule has 2 aromatic heterocycles. The number of guanidine groups is 1. The molecule has 1 unspecified atom stereocenters. The van der Waals surface area contributed by atoms with Gasteiger partial charge in [-0.15, -0.1) is 24.0 Å². The van der Waals surface area contributed by atoms with Crippen molar-refractivity contribution in [2.75, 3.05) is 20.1 Å². The van der Waals surface area contributed by atoms with Gasteiger partial charge in [-0.25, -0.2) is 4.98 Å². The van der Waals surface area contributed by atoms with Crippen molar-refractivity contribution in [2.24, 2.45) is 4.99 Å². The number of aliphatic imine (C=N–C) groups is 1. The van der Waals surface area contributed by atoms with E-state index < -0.39 is 0 Å². The second kappa shape index (κ2) is 11.2. The van der Waals surface area contributed by atoms with Gasteiger partial charge < -0.3 is 15.1 Å². The molecule has 0 bridgehead atoms. The maximum atomic E-state index is 5.61. The fourth-order valence-corrected chi connectivity index (χ4v) is 3.49. The highest BCUT2D eigenvalue weighted by atomic mass is 127. The quantitative estimate of drug-likeness (QED) is 0.271. The molecule has 7 heteroatoms. The Balaban J connectivity index is 0.00000280. The van der Waals surface area contributed by atoms with E-state index in [1.54, 1.807) is 24.6 Å². The number of rotatable bonds is 7. The zero-order chi connectivity index (χ0) is 19.1. The first-order valence-electron chi connectivity index (χ1n) is 9.13. The summed E-state index contributed by atoms with van der Waals surface area (Å²) < 4.78 is 5.61. The Bertz CT molecular complexity index is 859. The summed E-state index contributed by atoms with van der Waals surface area (Å²) in [5, 5.41) is 11.0. The van der Waals surface area contributed by atoms with Crippen LogP contribution in [0.25, 0.3) is 11.5 Å². The van der Waals surface area contributed by atoms with E-state index in [4.69, 9.17) is 4.42 Å². The zero-order valence-electron chi connectivity index (χ0n) is 16.4. The van der Waals surface area contributed by atoms with Gasteiger partial charge in [-0.2, -0.15) is 11.3 Å². The first kappa shape index (κ1) is 22.4. The molecule has 3 aromatic rings. The minimum atomic E-state index is 0. The summed E-state index contributed by atoms with van der Waals surface area (Å²) in [6.45, 7) is 5.87. The maximum absolute atomic E-state index is 5.61. The summed E-state index contributed by atoms with van der Waals surface area (Å²) in [5.74, 6) is 1.92. The fourth-order valence-electron chi connectivity index (χ4n) is 2.70. The van der Waals surface area contributed by atoms with Crippen molar-refractivity contribution >= 4 is 41.3 Å². The molecule has 2 heterocycles. The van der Waals surface area contributed by atoms with Crippen molar-refractivity contribution in [3.63, 3.8) is 0 Å². The molecule has 0 saturated carbocycles. The lowest BCUT2D eigenvalue weighted by Gasteiger charge is -2.15. The monoisotopic (exact) mass is 510 g/mol. The van der Waals surface area contributed by atoms with Crippen LogP contribution in [0, 0.1) is 6.92 Å². The molecular weight excluding hydrogens is 483 g/mol. The first-order chi connectivity index (χ1) is 13.2. The van der Waals surface area contributed by atoms with E-state index in [-0.39, 0.29) is 24.0 Å². The number of hydrogen-bond donors (Lipinski definition) is 2. The highest BCUT2D eigenvalue weighted by Crippen LogP contribution is 2.19. The van der Waals surface area contributed by atoms with Crippen molar-refractivity contribution in [2.45, 2.75) is 26.2 Å². The smallest absolute Gasteiger partial charge is 0.226 e. The lowest BCUT2D eigenvalue weighted by atomic mass is 10.1. The normalized spacial score (nSPS) is 12.3. The van der Waals surface area contributed by atoms with Crippen molar-refractivity contribution in [3.05, 3.63) is 64.2 Å². The standard InChI is InChI=1S/C21H26N4OS.HI/c1-15-4-6-17(7-5-15)20-25-19(13-26-20)8-10-23-21(22-3)24-12-16(2)18-9-11-27-14-18;/h4-7,9,11,13-14,16H,8,10,12H2,1-3H3,(H2,22,23,24);1H. The van der Waals surface area contributed by atoms with Gasteiger partial charge in [-0.3, -0.25) is 4.99 Å². The van der Waals surface area contributed by atoms with Gasteiger partial charge in [0.15, 0.2) is 5.96 Å². The molecule has 2 N–H and O–H groups in total. The molecule has 5 nitrogen and oxygen atoms in total. The minimum Gasteiger partial charge on any atom is -0.444 e. The Morgan fingerprint density at radius 1 is 1.21 bits per heavy atom. The van der Waals surface area contributed by atoms with Gasteiger partial charge in [0.25, 0.3) is 0 Å². The summed E-state index contributed by atoms with van der Waals surface area (Å²) in [5.41, 5.74) is 4.51. The Kier molecular flexibility index (Phi) is 8.98. The third-order valence-corrected chi connectivity index (χ3v) is 5.14. The predicted molar refractivity (Wildman–Crippen MR) is 128 cm³/mol. The molecule has 0 radical (unpaired) electrons. The lowest BCUT2D eigenvalue weighted by molar-refractivity contribution is 0.572. The summed E-state index contributed by atoms with van der Waals surface area (Å²) in [7, 11) is 1.79. The van der Waals surface area contributed by atoms with E-state index in [9.17, 15) is 0 Å². The molecule has 0 aliphatic heterocycles. The third-order valence-electron chi connectivity index (χ3n) is 4.44. The van der Waals surface area contributed by atoms with Crippen molar-refractivity contribution in [1.29, 1.82) is 0 Å². The van der Waals surface area contributed by atoms with Crippen LogP contribution in [0.15, 0.2) is 56.8 Å². The Morgan fingerprint density at radius 2 is 2.00 bits per heavy atom. The van der Waals surface area contributed by atoms with Crippen molar-refractivity contribution in [1.82, 2.24) is 15.6 Å². The number of benzene rings is 1. The average molecular weight is 510 g/mol. The Labute approximate surface area is 187 Å². The van der Waals surface area contributed by atoms with Crippen LogP contribution < -0.4 is 10.6 Å². The highest BCUT2D eigenvalue weighted by Gasteiger charge is 2.08. The molecule has 3 rings (SSSR count). The summed E-state index contributed by atoms with van der Waals surface area (Å²) in [6.07, 6.45) is 2.50. The van der Waals surface area contributed by atoms with E-state index in [1.807, 2.05) is 12.1 Å². The number of aryl methyl sites for hydroxylation is 1. The van der Waals surface area contributed by atoms with Crippen LogP contribution in [0.1, 0.15) is 29.7 Å². The second-order valence-corrected chi connectivity index (χ2v) is 7.38. The highest BCUT2D eigenvalue weighted by molar-refractivity contribution is 14.0. The molecule has 1 atom stereocenters. The number of nitrogens with one attached hydrogen (secondary N) is 2. The van der Waals surface area contributed by atoms with Crippen LogP contribution in [0.5, 0.6) is 0 Å². The molecular formula is C21H27IN4OS. The van der Waals surface area contributed by atoms with E-state index in [1.165, 1.54) is 11.1 Å². The third kappa shape index (κ3) is 6.34. The fraction of sp³-hybridized carbons (Fsp3) is 0.333. The topological polar surface area (TPSA) is 62.5 Å². The van der Waals surface area contributed by atoms with Crippen LogP contribution in [-0.2, 0) is 6.42 Å². The molecule has 0 fully saturated rings. The van der Waals surface area contributed by atoms with Gasteiger partial charge in [0.1, 0.15) is 6.26 Å². The number of hydrogen-bond acceptors (Lipinski definition) is 4. The van der Waals surface area contributed by atoms with Gasteiger partial charge >= 0.3 is 0 Å². The van der Waals surface area contributed by atoms with Crippen LogP contribution in [0.4, 0.5) is 0 Å². The minimum absolute atomic E-state index is 0. The van der Waals surface area contributed by atoms with Gasteiger partial charge in [-0.05, 0) is 47.4 Å². The molecule has 0 aliphatic rings. The molecule has 28 heavy (non-hydrogen) atoms. The van der Waals surface area contributed by atoms with Crippen LogP contribution in [-0.4, -0.2) is 31.1 Å². The van der Waals surface area contributed by atoms with Crippen LogP contribution in [0.3, 0.4) is 0 Å². The van der Waals surface area contributed by atoms with Gasteiger partial charge in [-0.1, -0.05) is 24.6 Å². The Hall–Kier alpha value is -1.87. The van der Waals surface area contributed by atoms with Crippen LogP contribution in [0.2, 0.25) is 0 Å². The lowest BCUT2D eigenvalue weighted by Crippen LogP contribution is -2.39. The van der Waals surface area contributed by atoms with Gasteiger partial charge in [0, 0.05) is 32.1 Å². The number of thiophene rings is 1. The number of nitrogens with zero attached hydrogens (tertiary/aromatic N) is 2. The molecule has 150 valence electrons.